The standard InChI is InChI=1S/C74H144O17P2/c1-7-10-12-14-16-18-20-21-22-23-24-25-26-27-28-29-30-32-34-38-46-52-58-73(78)90-69(62-84-71(76)56-50-44-37-33-31-19-17-15-13-11-8-2)64-88-92(80,81)86-60-68(75)61-87-93(82,83)89-65-70(91-74(79)59-53-47-39-35-36-42-48-54-66(4)5)63-85-72(77)57-51-45-41-40-43-49-55-67(6)9-3/h66-70,75H,7-65H2,1-6H3,(H,80,81)(H,82,83)/t67?,68-,69-,70-/m1/s1. The summed E-state index contributed by atoms with van der Waals surface area (Å²) in [4.78, 5) is 72.6. The van der Waals surface area contributed by atoms with Crippen LogP contribution in [0.25, 0.3) is 0 Å². The molecule has 552 valence electrons. The minimum atomic E-state index is -4.95. The molecule has 6 atom stereocenters. The zero-order valence-electron chi connectivity index (χ0n) is 60.6. The van der Waals surface area contributed by atoms with E-state index in [2.05, 4.69) is 41.5 Å². The van der Waals surface area contributed by atoms with Crippen molar-refractivity contribution in [2.75, 3.05) is 39.6 Å². The summed E-state index contributed by atoms with van der Waals surface area (Å²) in [5.74, 6) is -0.698. The van der Waals surface area contributed by atoms with Crippen molar-refractivity contribution in [2.24, 2.45) is 11.8 Å². The summed E-state index contributed by atoms with van der Waals surface area (Å²) >= 11 is 0. The Morgan fingerprint density at radius 2 is 0.548 bits per heavy atom. The number of esters is 4. The van der Waals surface area contributed by atoms with E-state index in [0.29, 0.717) is 31.6 Å². The van der Waals surface area contributed by atoms with Gasteiger partial charge in [0.05, 0.1) is 26.4 Å². The summed E-state index contributed by atoms with van der Waals surface area (Å²) in [7, 11) is -9.90. The van der Waals surface area contributed by atoms with Crippen molar-refractivity contribution in [3.05, 3.63) is 0 Å². The number of phosphoric acid groups is 2. The zero-order valence-corrected chi connectivity index (χ0v) is 62.3. The van der Waals surface area contributed by atoms with Crippen LogP contribution < -0.4 is 0 Å². The Hall–Kier alpha value is -1.94. The number of aliphatic hydroxyl groups excluding tert-OH is 1. The van der Waals surface area contributed by atoms with E-state index in [1.165, 1.54) is 193 Å². The maximum absolute atomic E-state index is 13.0. The predicted molar refractivity (Wildman–Crippen MR) is 377 cm³/mol. The molecule has 0 aromatic carbocycles. The van der Waals surface area contributed by atoms with E-state index in [0.717, 1.165) is 102 Å². The smallest absolute Gasteiger partial charge is 0.462 e. The zero-order chi connectivity index (χ0) is 68.6. The molecule has 0 aliphatic carbocycles. The Morgan fingerprint density at radius 1 is 0.312 bits per heavy atom. The number of ether oxygens (including phenoxy) is 4. The lowest BCUT2D eigenvalue weighted by atomic mass is 10.00. The Bertz CT molecular complexity index is 1810. The van der Waals surface area contributed by atoms with Crippen LogP contribution in [0.5, 0.6) is 0 Å². The number of rotatable bonds is 73. The second-order valence-corrected chi connectivity index (χ2v) is 30.3. The first-order chi connectivity index (χ1) is 44.9. The van der Waals surface area contributed by atoms with Crippen LogP contribution in [0.1, 0.15) is 382 Å². The van der Waals surface area contributed by atoms with Crippen molar-refractivity contribution in [3.63, 3.8) is 0 Å². The molecule has 0 aliphatic rings. The van der Waals surface area contributed by atoms with Gasteiger partial charge in [-0.2, -0.15) is 0 Å². The van der Waals surface area contributed by atoms with E-state index in [1.807, 2.05) is 0 Å². The number of phosphoric ester groups is 2. The molecule has 0 heterocycles. The van der Waals surface area contributed by atoms with Gasteiger partial charge < -0.3 is 33.8 Å². The molecule has 3 unspecified atom stereocenters. The summed E-state index contributed by atoms with van der Waals surface area (Å²) in [5.41, 5.74) is 0. The summed E-state index contributed by atoms with van der Waals surface area (Å²) in [5, 5.41) is 10.6. The minimum absolute atomic E-state index is 0.103. The first-order valence-electron chi connectivity index (χ1n) is 38.5. The van der Waals surface area contributed by atoms with Crippen molar-refractivity contribution < 1.29 is 80.2 Å². The number of aliphatic hydroxyl groups is 1. The van der Waals surface area contributed by atoms with Crippen molar-refractivity contribution in [3.8, 4) is 0 Å². The second-order valence-electron chi connectivity index (χ2n) is 27.4. The maximum Gasteiger partial charge on any atom is 0.472 e. The Labute approximate surface area is 568 Å². The van der Waals surface area contributed by atoms with Crippen LogP contribution in [-0.4, -0.2) is 96.7 Å². The first-order valence-corrected chi connectivity index (χ1v) is 41.5. The molecular formula is C74H144O17P2. The molecule has 17 nitrogen and oxygen atoms in total. The monoisotopic (exact) mass is 1370 g/mol. The molecule has 0 aromatic heterocycles. The average molecular weight is 1370 g/mol. The van der Waals surface area contributed by atoms with E-state index in [4.69, 9.17) is 37.0 Å². The van der Waals surface area contributed by atoms with Crippen LogP contribution >= 0.6 is 15.6 Å². The molecule has 0 saturated heterocycles. The largest absolute Gasteiger partial charge is 0.472 e. The molecule has 0 aliphatic heterocycles. The Kier molecular flexibility index (Phi) is 64.6. The van der Waals surface area contributed by atoms with Crippen LogP contribution in [0.15, 0.2) is 0 Å². The number of hydrogen-bond acceptors (Lipinski definition) is 15. The molecule has 3 N–H and O–H groups in total. The SMILES string of the molecule is CCCCCCCCCCCCCCCCCCCCCCCCC(=O)O[C@H](COC(=O)CCCCCCCCCCCCC)COP(=O)(O)OC[C@@H](O)COP(=O)(O)OC[C@@H](COC(=O)CCCCCCCCC(C)CC)OC(=O)CCCCCCCCCC(C)C. The van der Waals surface area contributed by atoms with Gasteiger partial charge in [0.2, 0.25) is 0 Å². The molecule has 93 heavy (non-hydrogen) atoms. The lowest BCUT2D eigenvalue weighted by molar-refractivity contribution is -0.161. The highest BCUT2D eigenvalue weighted by atomic mass is 31.2. The molecule has 0 fully saturated rings. The minimum Gasteiger partial charge on any atom is -0.462 e. The first kappa shape index (κ1) is 91.1. The number of hydrogen-bond donors (Lipinski definition) is 3. The van der Waals surface area contributed by atoms with Crippen molar-refractivity contribution in [1.82, 2.24) is 0 Å². The van der Waals surface area contributed by atoms with Gasteiger partial charge in [-0.3, -0.25) is 37.3 Å². The quantitative estimate of drug-likeness (QED) is 0.0222. The lowest BCUT2D eigenvalue weighted by Gasteiger charge is -2.21. The van der Waals surface area contributed by atoms with Crippen molar-refractivity contribution in [2.45, 2.75) is 400 Å². The highest BCUT2D eigenvalue weighted by molar-refractivity contribution is 7.47. The maximum atomic E-state index is 13.0. The predicted octanol–water partition coefficient (Wildman–Crippen LogP) is 21.6. The van der Waals surface area contributed by atoms with E-state index >= 15 is 0 Å². The van der Waals surface area contributed by atoms with Gasteiger partial charge in [-0.05, 0) is 37.5 Å². The van der Waals surface area contributed by atoms with Crippen LogP contribution in [0, 0.1) is 11.8 Å². The van der Waals surface area contributed by atoms with E-state index in [9.17, 15) is 43.2 Å². The highest BCUT2D eigenvalue weighted by Crippen LogP contribution is 2.45. The highest BCUT2D eigenvalue weighted by Gasteiger charge is 2.30. The number of carbonyl (C=O) groups excluding carboxylic acids is 4. The molecule has 0 radical (unpaired) electrons. The second kappa shape index (κ2) is 66.0. The number of unbranched alkanes of at least 4 members (excludes halogenated alkanes) is 42. The molecule has 19 heteroatoms. The van der Waals surface area contributed by atoms with Crippen LogP contribution in [0.4, 0.5) is 0 Å². The Morgan fingerprint density at radius 3 is 0.817 bits per heavy atom. The normalized spacial score (nSPS) is 14.3. The molecule has 0 aromatic rings. The van der Waals surface area contributed by atoms with E-state index in [1.54, 1.807) is 0 Å². The fourth-order valence-electron chi connectivity index (χ4n) is 11.3. The molecule has 0 bridgehead atoms. The van der Waals surface area contributed by atoms with Gasteiger partial charge in [-0.1, -0.05) is 330 Å². The summed E-state index contributed by atoms with van der Waals surface area (Å²) in [6.07, 6.45) is 53.1. The summed E-state index contributed by atoms with van der Waals surface area (Å²) in [6.45, 7) is 9.46. The number of carbonyl (C=O) groups is 4. The Balaban J connectivity index is 5.15. The molecule has 0 amide bonds. The van der Waals surface area contributed by atoms with Gasteiger partial charge in [0, 0.05) is 25.7 Å². The third kappa shape index (κ3) is 67.0. The van der Waals surface area contributed by atoms with Crippen LogP contribution in [0.2, 0.25) is 0 Å². The molecule has 0 saturated carbocycles. The fraction of sp³-hybridized carbons (Fsp3) is 0.946. The van der Waals surface area contributed by atoms with Crippen LogP contribution in [-0.2, 0) is 65.4 Å². The van der Waals surface area contributed by atoms with Crippen LogP contribution in [0.3, 0.4) is 0 Å². The van der Waals surface area contributed by atoms with Crippen molar-refractivity contribution >= 4 is 39.5 Å². The molecular weight excluding hydrogens is 1220 g/mol. The third-order valence-corrected chi connectivity index (χ3v) is 19.5. The molecule has 0 rings (SSSR count). The molecule has 0 spiro atoms. The third-order valence-electron chi connectivity index (χ3n) is 17.6. The van der Waals surface area contributed by atoms with E-state index < -0.39 is 97.5 Å². The van der Waals surface area contributed by atoms with Gasteiger partial charge in [-0.25, -0.2) is 9.13 Å². The lowest BCUT2D eigenvalue weighted by Crippen LogP contribution is -2.30. The van der Waals surface area contributed by atoms with Gasteiger partial charge in [0.25, 0.3) is 0 Å². The topological polar surface area (TPSA) is 237 Å². The average Bonchev–Trinajstić information content (AvgIpc) is 3.27. The van der Waals surface area contributed by atoms with Gasteiger partial charge in [0.1, 0.15) is 19.3 Å². The summed E-state index contributed by atoms with van der Waals surface area (Å²) in [6, 6.07) is 0. The van der Waals surface area contributed by atoms with Crippen molar-refractivity contribution in [1.29, 1.82) is 0 Å². The summed E-state index contributed by atoms with van der Waals surface area (Å²) < 4.78 is 68.3. The fourth-order valence-corrected chi connectivity index (χ4v) is 12.8. The van der Waals surface area contributed by atoms with Gasteiger partial charge >= 0.3 is 39.5 Å². The van der Waals surface area contributed by atoms with Gasteiger partial charge in [-0.15, -0.1) is 0 Å². The van der Waals surface area contributed by atoms with E-state index in [-0.39, 0.29) is 25.7 Å². The van der Waals surface area contributed by atoms with Gasteiger partial charge in [0.15, 0.2) is 12.2 Å².